The second-order valence-corrected chi connectivity index (χ2v) is 3.36. The van der Waals surface area contributed by atoms with Crippen LogP contribution in [0.25, 0.3) is 0 Å². The number of nitrogens with two attached hydrogens (primary N) is 1. The molecule has 0 unspecified atom stereocenters. The van der Waals surface area contributed by atoms with Crippen molar-refractivity contribution < 1.29 is 9.84 Å². The number of nitrogen functional groups attached to an aromatic ring is 1. The van der Waals surface area contributed by atoms with Crippen molar-refractivity contribution in [1.29, 1.82) is 0 Å². The van der Waals surface area contributed by atoms with Gasteiger partial charge in [0.1, 0.15) is 12.0 Å². The summed E-state index contributed by atoms with van der Waals surface area (Å²) in [6.07, 6.45) is 4.17. The Morgan fingerprint density at radius 3 is 2.88 bits per heavy atom. The molecule has 0 atom stereocenters. The third-order valence-electron chi connectivity index (χ3n) is 2.17. The van der Waals surface area contributed by atoms with E-state index in [0.29, 0.717) is 17.4 Å². The van der Waals surface area contributed by atoms with Crippen LogP contribution in [0.3, 0.4) is 0 Å². The Labute approximate surface area is 94.9 Å². The van der Waals surface area contributed by atoms with Gasteiger partial charge in [-0.3, -0.25) is 0 Å². The molecule has 0 aromatic carbocycles. The minimum Gasteiger partial charge on any atom is -0.479 e. The topological polar surface area (TPSA) is 93.3 Å². The van der Waals surface area contributed by atoms with Crippen LogP contribution < -0.4 is 15.8 Å². The summed E-state index contributed by atoms with van der Waals surface area (Å²) in [6, 6.07) is 0. The normalized spacial score (nSPS) is 10.1. The van der Waals surface area contributed by atoms with Crippen LogP contribution in [0, 0.1) is 0 Å². The van der Waals surface area contributed by atoms with E-state index in [1.165, 1.54) is 13.4 Å². The smallest absolute Gasteiger partial charge is 0.242 e. The van der Waals surface area contributed by atoms with Crippen LogP contribution in [0.1, 0.15) is 19.3 Å². The highest BCUT2D eigenvalue weighted by Gasteiger charge is 2.06. The van der Waals surface area contributed by atoms with Crippen molar-refractivity contribution in [1.82, 2.24) is 9.97 Å². The molecule has 6 nitrogen and oxygen atoms in total. The van der Waals surface area contributed by atoms with Crippen LogP contribution in [0.5, 0.6) is 5.88 Å². The lowest BCUT2D eigenvalue weighted by Gasteiger charge is -2.09. The summed E-state index contributed by atoms with van der Waals surface area (Å²) in [5, 5.41) is 11.7. The fraction of sp³-hybridized carbons (Fsp3) is 0.600. The third kappa shape index (κ3) is 3.54. The van der Waals surface area contributed by atoms with Crippen molar-refractivity contribution in [2.45, 2.75) is 19.3 Å². The van der Waals surface area contributed by atoms with Crippen LogP contribution in [-0.2, 0) is 0 Å². The van der Waals surface area contributed by atoms with Crippen LogP contribution >= 0.6 is 0 Å². The van der Waals surface area contributed by atoms with Gasteiger partial charge in [0, 0.05) is 13.2 Å². The van der Waals surface area contributed by atoms with Crippen molar-refractivity contribution in [3.8, 4) is 5.88 Å². The van der Waals surface area contributed by atoms with Gasteiger partial charge in [0.25, 0.3) is 0 Å². The van der Waals surface area contributed by atoms with E-state index in [9.17, 15) is 0 Å². The lowest BCUT2D eigenvalue weighted by atomic mass is 10.2. The highest BCUT2D eigenvalue weighted by atomic mass is 16.5. The average Bonchev–Trinajstić information content (AvgIpc) is 2.31. The van der Waals surface area contributed by atoms with E-state index in [-0.39, 0.29) is 6.61 Å². The number of anilines is 2. The number of nitrogens with one attached hydrogen (secondary N) is 1. The molecule has 1 aromatic rings. The number of unbranched alkanes of at least 4 members (excludes halogenated alkanes) is 2. The lowest BCUT2D eigenvalue weighted by molar-refractivity contribution is 0.283. The number of hydrogen-bond donors (Lipinski definition) is 3. The summed E-state index contributed by atoms with van der Waals surface area (Å²) in [7, 11) is 1.52. The summed E-state index contributed by atoms with van der Waals surface area (Å²) in [6.45, 7) is 1.01. The summed E-state index contributed by atoms with van der Waals surface area (Å²) in [5.41, 5.74) is 6.21. The SMILES string of the molecule is COc1ncnc(NCCCCCO)c1N. The molecule has 90 valence electrons. The predicted molar refractivity (Wildman–Crippen MR) is 62.4 cm³/mol. The van der Waals surface area contributed by atoms with Gasteiger partial charge in [-0.2, -0.15) is 4.98 Å². The Balaban J connectivity index is 2.41. The Morgan fingerprint density at radius 1 is 1.38 bits per heavy atom. The predicted octanol–water partition coefficient (Wildman–Crippen LogP) is 0.642. The van der Waals surface area contributed by atoms with E-state index in [2.05, 4.69) is 15.3 Å². The molecule has 16 heavy (non-hydrogen) atoms. The van der Waals surface area contributed by atoms with Crippen molar-refractivity contribution in [3.05, 3.63) is 6.33 Å². The Kier molecular flexibility index (Phi) is 5.35. The molecule has 0 radical (unpaired) electrons. The Bertz CT molecular complexity index is 320. The maximum absolute atomic E-state index is 8.62. The van der Waals surface area contributed by atoms with Crippen LogP contribution in [0.15, 0.2) is 6.33 Å². The number of methoxy groups -OCH3 is 1. The summed E-state index contributed by atoms with van der Waals surface area (Å²) < 4.78 is 4.98. The molecule has 0 spiro atoms. The number of aromatic nitrogens is 2. The fourth-order valence-corrected chi connectivity index (χ4v) is 1.30. The molecule has 0 aliphatic heterocycles. The average molecular weight is 226 g/mol. The molecule has 0 amide bonds. The van der Waals surface area contributed by atoms with Gasteiger partial charge in [-0.1, -0.05) is 0 Å². The quantitative estimate of drug-likeness (QED) is 0.591. The Morgan fingerprint density at radius 2 is 2.19 bits per heavy atom. The van der Waals surface area contributed by atoms with Gasteiger partial charge >= 0.3 is 0 Å². The van der Waals surface area contributed by atoms with Crippen molar-refractivity contribution in [2.75, 3.05) is 31.3 Å². The van der Waals surface area contributed by atoms with Crippen LogP contribution in [-0.4, -0.2) is 35.3 Å². The molecule has 0 aliphatic rings. The van der Waals surface area contributed by atoms with E-state index in [4.69, 9.17) is 15.6 Å². The highest BCUT2D eigenvalue weighted by Crippen LogP contribution is 2.23. The zero-order valence-corrected chi connectivity index (χ0v) is 9.44. The number of nitrogens with zero attached hydrogens (tertiary/aromatic N) is 2. The molecule has 4 N–H and O–H groups in total. The van der Waals surface area contributed by atoms with Crippen molar-refractivity contribution in [3.63, 3.8) is 0 Å². The largest absolute Gasteiger partial charge is 0.479 e. The van der Waals surface area contributed by atoms with Gasteiger partial charge in [0.05, 0.1) is 7.11 Å². The van der Waals surface area contributed by atoms with E-state index in [1.54, 1.807) is 0 Å². The first-order valence-corrected chi connectivity index (χ1v) is 5.28. The van der Waals surface area contributed by atoms with E-state index < -0.39 is 0 Å². The molecule has 0 saturated heterocycles. The molecule has 0 bridgehead atoms. The van der Waals surface area contributed by atoms with Gasteiger partial charge in [0.15, 0.2) is 5.82 Å². The molecule has 0 saturated carbocycles. The van der Waals surface area contributed by atoms with Gasteiger partial charge < -0.3 is 20.9 Å². The second kappa shape index (κ2) is 6.84. The van der Waals surface area contributed by atoms with E-state index in [0.717, 1.165) is 25.8 Å². The maximum atomic E-state index is 8.62. The number of aliphatic hydroxyl groups excluding tert-OH is 1. The first-order valence-electron chi connectivity index (χ1n) is 5.28. The highest BCUT2D eigenvalue weighted by molar-refractivity contribution is 5.66. The van der Waals surface area contributed by atoms with Crippen molar-refractivity contribution >= 4 is 11.5 Å². The van der Waals surface area contributed by atoms with Gasteiger partial charge in [0.2, 0.25) is 5.88 Å². The zero-order valence-electron chi connectivity index (χ0n) is 9.44. The summed E-state index contributed by atoms with van der Waals surface area (Å²) in [5.74, 6) is 0.976. The zero-order chi connectivity index (χ0) is 11.8. The lowest BCUT2D eigenvalue weighted by Crippen LogP contribution is -2.08. The molecule has 6 heteroatoms. The molecule has 0 aliphatic carbocycles. The van der Waals surface area contributed by atoms with Gasteiger partial charge in [-0.25, -0.2) is 4.98 Å². The molecule has 1 heterocycles. The molecular weight excluding hydrogens is 208 g/mol. The monoisotopic (exact) mass is 226 g/mol. The third-order valence-corrected chi connectivity index (χ3v) is 2.17. The first kappa shape index (κ1) is 12.5. The minimum atomic E-state index is 0.240. The van der Waals surface area contributed by atoms with Crippen LogP contribution in [0.4, 0.5) is 11.5 Å². The number of aliphatic hydroxyl groups is 1. The first-order chi connectivity index (χ1) is 7.79. The minimum absolute atomic E-state index is 0.240. The number of hydrogen-bond acceptors (Lipinski definition) is 6. The van der Waals surface area contributed by atoms with Crippen LogP contribution in [0.2, 0.25) is 0 Å². The molecule has 1 aromatic heterocycles. The van der Waals surface area contributed by atoms with E-state index >= 15 is 0 Å². The van der Waals surface area contributed by atoms with Gasteiger partial charge in [-0.05, 0) is 19.3 Å². The van der Waals surface area contributed by atoms with Gasteiger partial charge in [-0.15, -0.1) is 0 Å². The standard InChI is InChI=1S/C10H18N4O2/c1-16-10-8(11)9(13-7-14-10)12-5-3-2-4-6-15/h7,15H,2-6,11H2,1H3,(H,12,13,14). The molecule has 0 fully saturated rings. The van der Waals surface area contributed by atoms with Crippen molar-refractivity contribution in [2.24, 2.45) is 0 Å². The van der Waals surface area contributed by atoms with E-state index in [1.807, 2.05) is 0 Å². The maximum Gasteiger partial charge on any atom is 0.242 e. The summed E-state index contributed by atoms with van der Waals surface area (Å²) >= 11 is 0. The molecular formula is C10H18N4O2. The number of ether oxygens (including phenoxy) is 1. The number of rotatable bonds is 7. The fourth-order valence-electron chi connectivity index (χ4n) is 1.30. The second-order valence-electron chi connectivity index (χ2n) is 3.36. The summed E-state index contributed by atoms with van der Waals surface area (Å²) in [4.78, 5) is 7.91. The Hall–Kier alpha value is -1.56. The molecule has 1 rings (SSSR count).